The Labute approximate surface area is 214 Å². The molecule has 194 valence electrons. The number of nitrogens with zero attached hydrogens (tertiary/aromatic N) is 1. The molecule has 0 spiro atoms. The smallest absolute Gasteiger partial charge is 0.267 e. The third-order valence-corrected chi connectivity index (χ3v) is 8.27. The lowest BCUT2D eigenvalue weighted by molar-refractivity contribution is 0.0945. The monoisotopic (exact) mass is 511 g/mol. The predicted molar refractivity (Wildman–Crippen MR) is 143 cm³/mol. The van der Waals surface area contributed by atoms with Gasteiger partial charge in [0.15, 0.2) is 5.94 Å². The second-order valence-electron chi connectivity index (χ2n) is 8.85. The fourth-order valence-electron chi connectivity index (χ4n) is 4.81. The number of hydrogen-bond acceptors (Lipinski definition) is 5. The largest absolute Gasteiger partial charge is 0.477 e. The maximum Gasteiger partial charge on any atom is 0.267 e. The zero-order chi connectivity index (χ0) is 26.3. The summed E-state index contributed by atoms with van der Waals surface area (Å²) < 4.78 is 33.1. The van der Waals surface area contributed by atoms with Gasteiger partial charge in [0.05, 0.1) is 4.90 Å². The van der Waals surface area contributed by atoms with Crippen LogP contribution in [0.2, 0.25) is 0 Å². The van der Waals surface area contributed by atoms with E-state index in [1.54, 1.807) is 30.3 Å². The second-order valence-corrected chi connectivity index (χ2v) is 10.8. The molecule has 0 radical (unpaired) electrons. The molecule has 3 aromatic rings. The van der Waals surface area contributed by atoms with Gasteiger partial charge in [-0.05, 0) is 68.1 Å². The van der Waals surface area contributed by atoms with Crippen LogP contribution in [-0.4, -0.2) is 37.9 Å². The van der Waals surface area contributed by atoms with Crippen LogP contribution >= 0.6 is 0 Å². The van der Waals surface area contributed by atoms with Crippen LogP contribution in [0.1, 0.15) is 60.9 Å². The van der Waals surface area contributed by atoms with Crippen molar-refractivity contribution in [1.29, 1.82) is 0 Å². The molecule has 7 nitrogen and oxygen atoms in total. The number of aromatic nitrogens is 1. The minimum atomic E-state index is -3.56. The minimum Gasteiger partial charge on any atom is -0.477 e. The highest BCUT2D eigenvalue weighted by Crippen LogP contribution is 2.41. The molecule has 0 aliphatic rings. The first-order valence-corrected chi connectivity index (χ1v) is 14.1. The van der Waals surface area contributed by atoms with E-state index < -0.39 is 15.8 Å². The number of carbonyl (C=O) groups is 1. The van der Waals surface area contributed by atoms with Crippen molar-refractivity contribution in [2.45, 2.75) is 57.4 Å². The second kappa shape index (κ2) is 11.8. The number of amides is 1. The van der Waals surface area contributed by atoms with Crippen molar-refractivity contribution in [2.75, 3.05) is 19.0 Å². The maximum absolute atomic E-state index is 12.7. The van der Waals surface area contributed by atoms with Crippen LogP contribution in [0.25, 0.3) is 0 Å². The Morgan fingerprint density at radius 2 is 1.72 bits per heavy atom. The highest BCUT2D eigenvalue weighted by Gasteiger charge is 2.35. The number of nitrogens with one attached hydrogen (secondary N) is 1. The highest BCUT2D eigenvalue weighted by atomic mass is 32.2. The van der Waals surface area contributed by atoms with Gasteiger partial charge in [0.2, 0.25) is 9.84 Å². The molecule has 8 heteroatoms. The van der Waals surface area contributed by atoms with Gasteiger partial charge in [0.25, 0.3) is 5.91 Å². The first-order chi connectivity index (χ1) is 17.2. The molecule has 2 aromatic carbocycles. The van der Waals surface area contributed by atoms with Gasteiger partial charge in [-0.25, -0.2) is 8.42 Å². The van der Waals surface area contributed by atoms with E-state index in [1.807, 2.05) is 38.1 Å². The van der Waals surface area contributed by atoms with Gasteiger partial charge in [-0.15, -0.1) is 0 Å². The van der Waals surface area contributed by atoms with Crippen molar-refractivity contribution in [3.8, 4) is 5.75 Å². The average molecular weight is 512 g/mol. The summed E-state index contributed by atoms with van der Waals surface area (Å²) in [7, 11) is -3.56. The molecule has 0 fully saturated rings. The van der Waals surface area contributed by atoms with Crippen molar-refractivity contribution in [1.82, 2.24) is 9.88 Å². The standard InChI is InChI=1S/C28H37N3O4S/c1-5-28(6-2,26-16-14-24(31(26)7-3)27(32)30-18-17-29)22-13-15-25(21(4)19-22)35-20-36(33,34)23-11-9-8-10-12-23/h8-16,19H,5-7,17-18,20,29H2,1-4H3,(H,30,32). The van der Waals surface area contributed by atoms with Gasteiger partial charge in [0.1, 0.15) is 11.4 Å². The van der Waals surface area contributed by atoms with E-state index in [4.69, 9.17) is 10.5 Å². The average Bonchev–Trinajstić information content (AvgIpc) is 3.33. The van der Waals surface area contributed by atoms with Gasteiger partial charge < -0.3 is 20.4 Å². The SMILES string of the molecule is CCn1c(C(=O)NCCN)ccc1C(CC)(CC)c1ccc(OCS(=O)(=O)c2ccccc2)c(C)c1. The Kier molecular flexibility index (Phi) is 8.98. The number of sulfone groups is 1. The lowest BCUT2D eigenvalue weighted by atomic mass is 9.72. The van der Waals surface area contributed by atoms with E-state index in [-0.39, 0.29) is 16.2 Å². The van der Waals surface area contributed by atoms with E-state index in [9.17, 15) is 13.2 Å². The molecule has 1 aromatic heterocycles. The van der Waals surface area contributed by atoms with E-state index in [1.165, 1.54) is 0 Å². The number of benzene rings is 2. The third kappa shape index (κ3) is 5.50. The van der Waals surface area contributed by atoms with E-state index in [0.717, 1.165) is 29.7 Å². The van der Waals surface area contributed by atoms with Crippen LogP contribution < -0.4 is 15.8 Å². The molecule has 0 saturated heterocycles. The molecule has 3 N–H and O–H groups in total. The lowest BCUT2D eigenvalue weighted by Gasteiger charge is -2.34. The molecular weight excluding hydrogens is 474 g/mol. The molecule has 0 bridgehead atoms. The van der Waals surface area contributed by atoms with Gasteiger partial charge in [-0.3, -0.25) is 4.79 Å². The van der Waals surface area contributed by atoms with E-state index >= 15 is 0 Å². The summed E-state index contributed by atoms with van der Waals surface area (Å²) in [6.45, 7) is 9.74. The first-order valence-electron chi connectivity index (χ1n) is 12.4. The van der Waals surface area contributed by atoms with Crippen LogP contribution in [-0.2, 0) is 21.8 Å². The topological polar surface area (TPSA) is 103 Å². The summed E-state index contributed by atoms with van der Waals surface area (Å²) >= 11 is 0. The summed E-state index contributed by atoms with van der Waals surface area (Å²) in [5, 5.41) is 2.87. The van der Waals surface area contributed by atoms with Crippen LogP contribution in [0.5, 0.6) is 5.75 Å². The number of ether oxygens (including phenoxy) is 1. The van der Waals surface area contributed by atoms with Crippen LogP contribution in [0, 0.1) is 6.92 Å². The highest BCUT2D eigenvalue weighted by molar-refractivity contribution is 7.91. The molecule has 0 aliphatic carbocycles. The maximum atomic E-state index is 12.7. The number of hydrogen-bond donors (Lipinski definition) is 2. The molecule has 0 atom stereocenters. The molecular formula is C28H37N3O4S. The van der Waals surface area contributed by atoms with Crippen molar-refractivity contribution in [3.05, 3.63) is 83.2 Å². The van der Waals surface area contributed by atoms with Crippen molar-refractivity contribution < 1.29 is 17.9 Å². The van der Waals surface area contributed by atoms with Crippen molar-refractivity contribution in [3.63, 3.8) is 0 Å². The quantitative estimate of drug-likeness (QED) is 0.375. The third-order valence-electron chi connectivity index (χ3n) is 6.86. The number of nitrogens with two attached hydrogens (primary N) is 1. The fraction of sp³-hybridized carbons (Fsp3) is 0.393. The zero-order valence-electron chi connectivity index (χ0n) is 21.6. The van der Waals surface area contributed by atoms with Gasteiger partial charge in [0, 0.05) is 30.7 Å². The first kappa shape index (κ1) is 27.5. The van der Waals surface area contributed by atoms with Gasteiger partial charge in [-0.1, -0.05) is 44.2 Å². The molecule has 1 heterocycles. The summed E-state index contributed by atoms with van der Waals surface area (Å²) in [6, 6.07) is 18.1. The van der Waals surface area contributed by atoms with E-state index in [2.05, 4.69) is 29.8 Å². The summed E-state index contributed by atoms with van der Waals surface area (Å²) in [6.07, 6.45) is 1.67. The number of rotatable bonds is 12. The predicted octanol–water partition coefficient (Wildman–Crippen LogP) is 4.42. The normalized spacial score (nSPS) is 11.9. The number of aryl methyl sites for hydroxylation is 1. The Balaban J connectivity index is 1.93. The van der Waals surface area contributed by atoms with E-state index in [0.29, 0.717) is 31.1 Å². The Hall–Kier alpha value is -3.10. The number of carbonyl (C=O) groups excluding carboxylic acids is 1. The molecule has 36 heavy (non-hydrogen) atoms. The zero-order valence-corrected chi connectivity index (χ0v) is 22.4. The molecule has 0 aliphatic heterocycles. The van der Waals surface area contributed by atoms with Crippen molar-refractivity contribution >= 4 is 15.7 Å². The summed E-state index contributed by atoms with van der Waals surface area (Å²) in [5.74, 6) is -0.0228. The van der Waals surface area contributed by atoms with Gasteiger partial charge >= 0.3 is 0 Å². The molecule has 1 amide bonds. The molecule has 0 saturated carbocycles. The van der Waals surface area contributed by atoms with Crippen LogP contribution in [0.3, 0.4) is 0 Å². The lowest BCUT2D eigenvalue weighted by Crippen LogP contribution is -2.33. The van der Waals surface area contributed by atoms with Crippen molar-refractivity contribution in [2.24, 2.45) is 5.73 Å². The molecule has 0 unspecified atom stereocenters. The Bertz CT molecular complexity index is 1280. The minimum absolute atomic E-state index is 0.130. The van der Waals surface area contributed by atoms with Gasteiger partial charge in [-0.2, -0.15) is 0 Å². The molecule has 3 rings (SSSR count). The summed E-state index contributed by atoms with van der Waals surface area (Å²) in [5.41, 5.74) is 8.89. The van der Waals surface area contributed by atoms with Crippen LogP contribution in [0.4, 0.5) is 0 Å². The Morgan fingerprint density at radius 1 is 1.03 bits per heavy atom. The van der Waals surface area contributed by atoms with Crippen LogP contribution in [0.15, 0.2) is 65.6 Å². The fourth-order valence-corrected chi connectivity index (χ4v) is 5.80. The Morgan fingerprint density at radius 3 is 2.31 bits per heavy atom. The summed E-state index contributed by atoms with van der Waals surface area (Å²) in [4.78, 5) is 13.0.